The van der Waals surface area contributed by atoms with Gasteiger partial charge in [0.1, 0.15) is 5.75 Å². The molecule has 0 amide bonds. The lowest BCUT2D eigenvalue weighted by Crippen LogP contribution is -2.09. The molecule has 0 saturated heterocycles. The molecule has 0 radical (unpaired) electrons. The topological polar surface area (TPSA) is 21.3 Å². The highest BCUT2D eigenvalue weighted by Gasteiger charge is 2.13. The Morgan fingerprint density at radius 1 is 1.29 bits per heavy atom. The zero-order chi connectivity index (χ0) is 12.9. The molecule has 0 atom stereocenters. The molecule has 0 saturated carbocycles. The fraction of sp³-hybridized carbons (Fsp3) is 0.571. The Labute approximate surface area is 109 Å². The Morgan fingerprint density at radius 3 is 2.53 bits per heavy atom. The van der Waals surface area contributed by atoms with E-state index in [1.807, 2.05) is 18.8 Å². The second-order valence-corrected chi connectivity index (χ2v) is 6.88. The lowest BCUT2D eigenvalue weighted by molar-refractivity contribution is 0.411. The van der Waals surface area contributed by atoms with Crippen LogP contribution in [-0.2, 0) is 12.3 Å². The van der Waals surface area contributed by atoms with E-state index in [1.54, 1.807) is 7.11 Å². The van der Waals surface area contributed by atoms with Crippen molar-refractivity contribution in [2.45, 2.75) is 37.8 Å². The minimum Gasteiger partial charge on any atom is -0.496 e. The molecule has 0 fully saturated rings. The molecule has 2 nitrogen and oxygen atoms in total. The smallest absolute Gasteiger partial charge is 0.122 e. The first-order valence-corrected chi connectivity index (χ1v) is 6.89. The van der Waals surface area contributed by atoms with E-state index in [0.29, 0.717) is 0 Å². The number of nitrogens with one attached hydrogen (secondary N) is 1. The van der Waals surface area contributed by atoms with Gasteiger partial charge < -0.3 is 10.1 Å². The van der Waals surface area contributed by atoms with Crippen molar-refractivity contribution in [1.29, 1.82) is 0 Å². The van der Waals surface area contributed by atoms with Crippen LogP contribution in [0.5, 0.6) is 5.75 Å². The number of thioether (sulfide) groups is 1. The third-order valence-electron chi connectivity index (χ3n) is 2.39. The van der Waals surface area contributed by atoms with Crippen LogP contribution in [0.1, 0.15) is 31.9 Å². The van der Waals surface area contributed by atoms with Crippen molar-refractivity contribution in [1.82, 2.24) is 5.32 Å². The van der Waals surface area contributed by atoms with Crippen LogP contribution < -0.4 is 10.1 Å². The molecule has 0 spiro atoms. The summed E-state index contributed by atoms with van der Waals surface area (Å²) < 4.78 is 5.69. The van der Waals surface area contributed by atoms with E-state index in [-0.39, 0.29) is 4.75 Å². The first-order valence-electron chi connectivity index (χ1n) is 5.90. The van der Waals surface area contributed by atoms with E-state index in [2.05, 4.69) is 44.3 Å². The van der Waals surface area contributed by atoms with Gasteiger partial charge in [0, 0.05) is 22.6 Å². The average molecular weight is 253 g/mol. The Bertz CT molecular complexity index is 358. The molecule has 0 aromatic heterocycles. The van der Waals surface area contributed by atoms with E-state index in [9.17, 15) is 0 Å². The van der Waals surface area contributed by atoms with Gasteiger partial charge in [-0.15, -0.1) is 0 Å². The van der Waals surface area contributed by atoms with Crippen molar-refractivity contribution >= 4 is 11.8 Å². The number of methoxy groups -OCH3 is 1. The van der Waals surface area contributed by atoms with Gasteiger partial charge in [0.2, 0.25) is 0 Å². The molecule has 0 bridgehead atoms. The third-order valence-corrected chi connectivity index (χ3v) is 3.71. The summed E-state index contributed by atoms with van der Waals surface area (Å²) in [6.45, 7) is 7.61. The number of benzene rings is 1. The zero-order valence-electron chi connectivity index (χ0n) is 11.5. The molecule has 0 aliphatic heterocycles. The van der Waals surface area contributed by atoms with Gasteiger partial charge in [-0.1, -0.05) is 26.8 Å². The standard InChI is InChI=1S/C14H23NOS/c1-14(2,3)17-10-12-8-11(9-15-4)6-7-13(12)16-5/h6-8,15H,9-10H2,1-5H3. The van der Waals surface area contributed by atoms with Crippen LogP contribution in [0.25, 0.3) is 0 Å². The lowest BCUT2D eigenvalue weighted by atomic mass is 10.1. The van der Waals surface area contributed by atoms with Crippen LogP contribution in [-0.4, -0.2) is 18.9 Å². The van der Waals surface area contributed by atoms with Crippen LogP contribution in [0.4, 0.5) is 0 Å². The van der Waals surface area contributed by atoms with Gasteiger partial charge in [0.05, 0.1) is 7.11 Å². The molecular formula is C14H23NOS. The molecule has 1 N–H and O–H groups in total. The molecule has 3 heteroatoms. The summed E-state index contributed by atoms with van der Waals surface area (Å²) in [5.41, 5.74) is 2.58. The maximum Gasteiger partial charge on any atom is 0.122 e. The molecule has 0 unspecified atom stereocenters. The third kappa shape index (κ3) is 5.00. The molecular weight excluding hydrogens is 230 g/mol. The van der Waals surface area contributed by atoms with Gasteiger partial charge in [-0.3, -0.25) is 0 Å². The Kier molecular flexibility index (Phi) is 5.34. The Morgan fingerprint density at radius 2 is 2.00 bits per heavy atom. The summed E-state index contributed by atoms with van der Waals surface area (Å²) in [5.74, 6) is 1.98. The van der Waals surface area contributed by atoms with E-state index in [1.165, 1.54) is 11.1 Å². The first kappa shape index (κ1) is 14.4. The highest BCUT2D eigenvalue weighted by Crippen LogP contribution is 2.31. The maximum atomic E-state index is 5.41. The van der Waals surface area contributed by atoms with Gasteiger partial charge in [-0.25, -0.2) is 0 Å². The van der Waals surface area contributed by atoms with Crippen molar-refractivity contribution in [2.75, 3.05) is 14.2 Å². The van der Waals surface area contributed by atoms with Crippen molar-refractivity contribution in [2.24, 2.45) is 0 Å². The van der Waals surface area contributed by atoms with Crippen molar-refractivity contribution < 1.29 is 4.74 Å². The molecule has 1 aromatic carbocycles. The Hall–Kier alpha value is -0.670. The predicted molar refractivity (Wildman–Crippen MR) is 76.8 cm³/mol. The summed E-state index contributed by atoms with van der Waals surface area (Å²) in [6.07, 6.45) is 0. The van der Waals surface area contributed by atoms with Gasteiger partial charge in [-0.2, -0.15) is 11.8 Å². The van der Waals surface area contributed by atoms with Crippen LogP contribution in [0.15, 0.2) is 18.2 Å². The lowest BCUT2D eigenvalue weighted by Gasteiger charge is -2.19. The average Bonchev–Trinajstić information content (AvgIpc) is 2.26. The molecule has 96 valence electrons. The SMILES string of the molecule is CNCc1ccc(OC)c(CSC(C)(C)C)c1. The summed E-state index contributed by atoms with van der Waals surface area (Å²) >= 11 is 1.94. The maximum absolute atomic E-state index is 5.41. The number of hydrogen-bond donors (Lipinski definition) is 1. The summed E-state index contributed by atoms with van der Waals surface area (Å²) in [7, 11) is 3.70. The second-order valence-electron chi connectivity index (χ2n) is 5.08. The van der Waals surface area contributed by atoms with Crippen LogP contribution in [0.3, 0.4) is 0 Å². The first-order chi connectivity index (χ1) is 7.96. The van der Waals surface area contributed by atoms with Crippen LogP contribution in [0, 0.1) is 0 Å². The summed E-state index contributed by atoms with van der Waals surface area (Å²) in [5, 5.41) is 3.17. The van der Waals surface area contributed by atoms with Crippen molar-refractivity contribution in [3.05, 3.63) is 29.3 Å². The van der Waals surface area contributed by atoms with Crippen molar-refractivity contribution in [3.63, 3.8) is 0 Å². The van der Waals surface area contributed by atoms with E-state index >= 15 is 0 Å². The van der Waals surface area contributed by atoms with Gasteiger partial charge in [0.15, 0.2) is 0 Å². The molecule has 17 heavy (non-hydrogen) atoms. The highest BCUT2D eigenvalue weighted by molar-refractivity contribution is 7.99. The molecule has 0 heterocycles. The normalized spacial score (nSPS) is 11.6. The predicted octanol–water partition coefficient (Wildman–Crippen LogP) is 3.45. The quantitative estimate of drug-likeness (QED) is 0.868. The second kappa shape index (κ2) is 6.31. The van der Waals surface area contributed by atoms with E-state index < -0.39 is 0 Å². The fourth-order valence-corrected chi connectivity index (χ4v) is 2.37. The minimum absolute atomic E-state index is 0.282. The summed E-state index contributed by atoms with van der Waals surface area (Å²) in [6, 6.07) is 6.40. The summed E-state index contributed by atoms with van der Waals surface area (Å²) in [4.78, 5) is 0. The minimum atomic E-state index is 0.282. The Balaban J connectivity index is 2.82. The van der Waals surface area contributed by atoms with Crippen LogP contribution >= 0.6 is 11.8 Å². The molecule has 0 aliphatic carbocycles. The molecule has 0 aliphatic rings. The zero-order valence-corrected chi connectivity index (χ0v) is 12.3. The van der Waals surface area contributed by atoms with E-state index in [0.717, 1.165) is 18.0 Å². The number of rotatable bonds is 5. The largest absolute Gasteiger partial charge is 0.496 e. The van der Waals surface area contributed by atoms with Crippen molar-refractivity contribution in [3.8, 4) is 5.75 Å². The van der Waals surface area contributed by atoms with Gasteiger partial charge in [0.25, 0.3) is 0 Å². The highest BCUT2D eigenvalue weighted by atomic mass is 32.2. The van der Waals surface area contributed by atoms with Crippen LogP contribution in [0.2, 0.25) is 0 Å². The molecule has 1 rings (SSSR count). The fourth-order valence-electron chi connectivity index (χ4n) is 1.55. The van der Waals surface area contributed by atoms with Gasteiger partial charge in [-0.05, 0) is 24.7 Å². The van der Waals surface area contributed by atoms with E-state index in [4.69, 9.17) is 4.74 Å². The monoisotopic (exact) mass is 253 g/mol. The number of ether oxygens (including phenoxy) is 1. The van der Waals surface area contributed by atoms with Gasteiger partial charge >= 0.3 is 0 Å². The number of hydrogen-bond acceptors (Lipinski definition) is 3. The molecule has 1 aromatic rings.